The van der Waals surface area contributed by atoms with Gasteiger partial charge in [-0.3, -0.25) is 14.4 Å². The average Bonchev–Trinajstić information content (AvgIpc) is 2.69. The highest BCUT2D eigenvalue weighted by Crippen LogP contribution is 2.16. The average molecular weight is 396 g/mol. The maximum Gasteiger partial charge on any atom is 0.329 e. The molecule has 3 N–H and O–H groups in total. The van der Waals surface area contributed by atoms with Crippen molar-refractivity contribution in [1.29, 1.82) is 0 Å². The van der Waals surface area contributed by atoms with Gasteiger partial charge >= 0.3 is 11.8 Å². The van der Waals surface area contributed by atoms with Crippen LogP contribution in [-0.2, 0) is 14.4 Å². The molecule has 0 spiro atoms. The lowest BCUT2D eigenvalue weighted by molar-refractivity contribution is -0.139. The lowest BCUT2D eigenvalue weighted by Crippen LogP contribution is -2.37. The molecule has 0 aliphatic heterocycles. The van der Waals surface area contributed by atoms with Crippen LogP contribution in [0, 0.1) is 13.8 Å². The minimum absolute atomic E-state index is 0.122. The van der Waals surface area contributed by atoms with Crippen LogP contribution >= 0.6 is 0 Å². The Bertz CT molecular complexity index is 907. The summed E-state index contributed by atoms with van der Waals surface area (Å²) in [6, 6.07) is 12.6. The summed E-state index contributed by atoms with van der Waals surface area (Å²) in [5.74, 6) is -1.31. The molecular weight excluding hydrogens is 372 g/mol. The zero-order valence-electron chi connectivity index (χ0n) is 16.6. The summed E-state index contributed by atoms with van der Waals surface area (Å²) in [7, 11) is 0. The molecule has 2 aromatic rings. The van der Waals surface area contributed by atoms with Crippen LogP contribution in [0.2, 0.25) is 0 Å². The van der Waals surface area contributed by atoms with Gasteiger partial charge in [0, 0.05) is 12.2 Å². The number of hydrogen-bond donors (Lipinski definition) is 3. The highest BCUT2D eigenvalue weighted by molar-refractivity contribution is 6.35. The Labute approximate surface area is 169 Å². The number of carbonyl (C=O) groups excluding carboxylic acids is 3. The molecule has 0 atom stereocenters. The number of carbonyl (C=O) groups is 3. The van der Waals surface area contributed by atoms with Crippen molar-refractivity contribution in [2.75, 3.05) is 18.5 Å². The molecule has 0 fully saturated rings. The maximum atomic E-state index is 12.1. The molecular formula is C21H24N4O4. The van der Waals surface area contributed by atoms with Crippen molar-refractivity contribution in [2.45, 2.75) is 20.8 Å². The van der Waals surface area contributed by atoms with E-state index in [0.29, 0.717) is 17.9 Å². The van der Waals surface area contributed by atoms with Crippen LogP contribution in [0.15, 0.2) is 47.6 Å². The second-order valence-corrected chi connectivity index (χ2v) is 6.28. The van der Waals surface area contributed by atoms with E-state index in [0.717, 1.165) is 16.8 Å². The molecule has 0 bridgehead atoms. The summed E-state index contributed by atoms with van der Waals surface area (Å²) >= 11 is 0. The molecule has 0 aliphatic carbocycles. The van der Waals surface area contributed by atoms with E-state index in [1.807, 2.05) is 32.0 Å². The van der Waals surface area contributed by atoms with E-state index < -0.39 is 11.8 Å². The Hall–Kier alpha value is -3.68. The molecule has 0 heterocycles. The van der Waals surface area contributed by atoms with E-state index in [4.69, 9.17) is 4.74 Å². The van der Waals surface area contributed by atoms with Crippen molar-refractivity contribution in [3.8, 4) is 5.75 Å². The Morgan fingerprint density at radius 2 is 1.76 bits per heavy atom. The number of likely N-dealkylation sites (N-methyl/N-ethyl adjacent to an activating group) is 1. The molecule has 0 saturated heterocycles. The van der Waals surface area contributed by atoms with Gasteiger partial charge in [0.05, 0.1) is 6.21 Å². The predicted octanol–water partition coefficient (Wildman–Crippen LogP) is 1.91. The minimum atomic E-state index is -0.835. The van der Waals surface area contributed by atoms with Gasteiger partial charge in [-0.2, -0.15) is 5.10 Å². The normalized spacial score (nSPS) is 10.4. The SMILES string of the molecule is CCNC(=O)C(=O)N/N=C\c1ccc(OCC(=O)Nc2ccc(C)cc2C)cc1. The van der Waals surface area contributed by atoms with E-state index in [-0.39, 0.29) is 12.5 Å². The Balaban J connectivity index is 1.81. The summed E-state index contributed by atoms with van der Waals surface area (Å²) < 4.78 is 5.48. The second kappa shape index (κ2) is 10.6. The van der Waals surface area contributed by atoms with E-state index in [2.05, 4.69) is 21.2 Å². The number of hydrogen-bond acceptors (Lipinski definition) is 5. The predicted molar refractivity (Wildman–Crippen MR) is 111 cm³/mol. The van der Waals surface area contributed by atoms with Crippen LogP contribution in [0.3, 0.4) is 0 Å². The van der Waals surface area contributed by atoms with Gasteiger partial charge in [0.15, 0.2) is 6.61 Å². The first kappa shape index (κ1) is 21.6. The number of ether oxygens (including phenoxy) is 1. The molecule has 0 aromatic heterocycles. The molecule has 29 heavy (non-hydrogen) atoms. The number of amides is 3. The van der Waals surface area contributed by atoms with Gasteiger partial charge in [-0.1, -0.05) is 17.7 Å². The third-order valence-corrected chi connectivity index (χ3v) is 3.83. The Morgan fingerprint density at radius 1 is 1.03 bits per heavy atom. The summed E-state index contributed by atoms with van der Waals surface area (Å²) in [6.07, 6.45) is 1.40. The van der Waals surface area contributed by atoms with Crippen molar-refractivity contribution in [1.82, 2.24) is 10.7 Å². The van der Waals surface area contributed by atoms with Crippen LogP contribution in [-0.4, -0.2) is 37.1 Å². The Kier molecular flexibility index (Phi) is 7.90. The number of nitrogens with one attached hydrogen (secondary N) is 3. The van der Waals surface area contributed by atoms with Gasteiger partial charge in [0.1, 0.15) is 5.75 Å². The van der Waals surface area contributed by atoms with Gasteiger partial charge in [-0.05, 0) is 62.2 Å². The third kappa shape index (κ3) is 7.10. The standard InChI is InChI=1S/C21H24N4O4/c1-4-22-20(27)21(28)25-23-12-16-6-8-17(9-7-16)29-13-19(26)24-18-10-5-14(2)11-15(18)3/h5-12H,4,13H2,1-3H3,(H,22,27)(H,24,26)(H,25,28)/b23-12-. The number of anilines is 1. The summed E-state index contributed by atoms with van der Waals surface area (Å²) in [5.41, 5.74) is 5.70. The molecule has 0 radical (unpaired) electrons. The van der Waals surface area contributed by atoms with E-state index in [1.165, 1.54) is 6.21 Å². The first-order valence-electron chi connectivity index (χ1n) is 9.10. The van der Waals surface area contributed by atoms with Crippen LogP contribution < -0.4 is 20.8 Å². The molecule has 0 unspecified atom stereocenters. The summed E-state index contributed by atoms with van der Waals surface area (Å²) in [6.45, 7) is 5.88. The highest BCUT2D eigenvalue weighted by Gasteiger charge is 2.10. The van der Waals surface area contributed by atoms with Crippen molar-refractivity contribution < 1.29 is 19.1 Å². The Morgan fingerprint density at radius 3 is 2.41 bits per heavy atom. The molecule has 152 valence electrons. The van der Waals surface area contributed by atoms with Crippen LogP contribution in [0.5, 0.6) is 5.75 Å². The van der Waals surface area contributed by atoms with E-state index in [1.54, 1.807) is 31.2 Å². The van der Waals surface area contributed by atoms with E-state index in [9.17, 15) is 14.4 Å². The molecule has 2 rings (SSSR count). The maximum absolute atomic E-state index is 12.1. The van der Waals surface area contributed by atoms with Gasteiger partial charge in [0.2, 0.25) is 0 Å². The van der Waals surface area contributed by atoms with Crippen LogP contribution in [0.4, 0.5) is 5.69 Å². The van der Waals surface area contributed by atoms with Crippen molar-refractivity contribution in [3.05, 3.63) is 59.2 Å². The molecule has 0 saturated carbocycles. The zero-order valence-corrected chi connectivity index (χ0v) is 16.6. The molecule has 8 nitrogen and oxygen atoms in total. The third-order valence-electron chi connectivity index (χ3n) is 3.83. The molecule has 8 heteroatoms. The topological polar surface area (TPSA) is 109 Å². The lowest BCUT2D eigenvalue weighted by Gasteiger charge is -2.10. The lowest BCUT2D eigenvalue weighted by atomic mass is 10.1. The molecule has 2 aromatic carbocycles. The number of hydrazone groups is 1. The number of nitrogens with zero attached hydrogens (tertiary/aromatic N) is 1. The van der Waals surface area contributed by atoms with Gasteiger partial charge < -0.3 is 15.4 Å². The zero-order chi connectivity index (χ0) is 21.2. The molecule has 3 amide bonds. The minimum Gasteiger partial charge on any atom is -0.484 e. The first-order valence-corrected chi connectivity index (χ1v) is 9.10. The van der Waals surface area contributed by atoms with Crippen molar-refractivity contribution >= 4 is 29.6 Å². The fourth-order valence-corrected chi connectivity index (χ4v) is 2.40. The number of benzene rings is 2. The van der Waals surface area contributed by atoms with Crippen LogP contribution in [0.1, 0.15) is 23.6 Å². The second-order valence-electron chi connectivity index (χ2n) is 6.28. The first-order chi connectivity index (χ1) is 13.9. The number of aryl methyl sites for hydroxylation is 2. The fraction of sp³-hybridized carbons (Fsp3) is 0.238. The van der Waals surface area contributed by atoms with Crippen molar-refractivity contribution in [2.24, 2.45) is 5.10 Å². The summed E-state index contributed by atoms with van der Waals surface area (Å²) in [5, 5.41) is 8.91. The molecule has 0 aliphatic rings. The van der Waals surface area contributed by atoms with Gasteiger partial charge in [0.25, 0.3) is 5.91 Å². The van der Waals surface area contributed by atoms with Crippen molar-refractivity contribution in [3.63, 3.8) is 0 Å². The highest BCUT2D eigenvalue weighted by atomic mass is 16.5. The monoisotopic (exact) mass is 396 g/mol. The van der Waals surface area contributed by atoms with E-state index >= 15 is 0 Å². The fourth-order valence-electron chi connectivity index (χ4n) is 2.40. The number of rotatable bonds is 7. The largest absolute Gasteiger partial charge is 0.484 e. The quantitative estimate of drug-likeness (QED) is 0.377. The van der Waals surface area contributed by atoms with Crippen LogP contribution in [0.25, 0.3) is 0 Å². The van der Waals surface area contributed by atoms with Gasteiger partial charge in [-0.25, -0.2) is 5.43 Å². The van der Waals surface area contributed by atoms with Gasteiger partial charge in [-0.15, -0.1) is 0 Å². The smallest absolute Gasteiger partial charge is 0.329 e. The summed E-state index contributed by atoms with van der Waals surface area (Å²) in [4.78, 5) is 34.7.